The number of para-hydroxylation sites is 1. The summed E-state index contributed by atoms with van der Waals surface area (Å²) in [6, 6.07) is 17.4. The molecule has 3 rings (SSSR count). The molecule has 0 spiro atoms. The van der Waals surface area contributed by atoms with E-state index in [2.05, 4.69) is 15.4 Å². The van der Waals surface area contributed by atoms with Crippen LogP contribution in [0.2, 0.25) is 5.02 Å². The number of carbonyl (C=O) groups is 2. The molecule has 34 heavy (non-hydrogen) atoms. The number of nitrogens with one attached hydrogen (secondary N) is 3. The highest BCUT2D eigenvalue weighted by Crippen LogP contribution is 2.26. The summed E-state index contributed by atoms with van der Waals surface area (Å²) in [5.41, 5.74) is 1.96. The van der Waals surface area contributed by atoms with Crippen LogP contribution in [-0.2, 0) is 10.0 Å². The molecule has 0 unspecified atom stereocenters. The minimum Gasteiger partial charge on any atom is -0.350 e. The molecule has 7 nitrogen and oxygen atoms in total. The first-order chi connectivity index (χ1) is 16.1. The van der Waals surface area contributed by atoms with E-state index in [9.17, 15) is 18.0 Å². The molecule has 0 aliphatic rings. The third-order valence-electron chi connectivity index (χ3n) is 5.16. The van der Waals surface area contributed by atoms with E-state index in [1.54, 1.807) is 42.5 Å². The van der Waals surface area contributed by atoms with E-state index in [4.69, 9.17) is 11.6 Å². The first kappa shape index (κ1) is 25.3. The molecule has 0 heterocycles. The first-order valence-corrected chi connectivity index (χ1v) is 12.6. The Morgan fingerprint density at radius 3 is 2.41 bits per heavy atom. The van der Waals surface area contributed by atoms with Gasteiger partial charge in [-0.25, -0.2) is 8.42 Å². The zero-order valence-corrected chi connectivity index (χ0v) is 20.6. The fourth-order valence-electron chi connectivity index (χ4n) is 3.16. The van der Waals surface area contributed by atoms with E-state index in [1.165, 1.54) is 18.2 Å². The average Bonchev–Trinajstić information content (AvgIpc) is 2.79. The number of anilines is 2. The summed E-state index contributed by atoms with van der Waals surface area (Å²) in [5.74, 6) is -0.889. The molecule has 0 saturated heterocycles. The summed E-state index contributed by atoms with van der Waals surface area (Å²) in [6.45, 7) is 5.69. The number of rotatable bonds is 8. The van der Waals surface area contributed by atoms with Gasteiger partial charge in [0.2, 0.25) is 0 Å². The van der Waals surface area contributed by atoms with E-state index in [1.807, 2.05) is 26.8 Å². The van der Waals surface area contributed by atoms with Crippen molar-refractivity contribution in [3.05, 3.63) is 88.4 Å². The summed E-state index contributed by atoms with van der Waals surface area (Å²) in [4.78, 5) is 25.3. The van der Waals surface area contributed by atoms with Crippen LogP contribution in [0.5, 0.6) is 0 Å². The molecule has 2 amide bonds. The van der Waals surface area contributed by atoms with Crippen molar-refractivity contribution in [2.75, 3.05) is 10.0 Å². The van der Waals surface area contributed by atoms with E-state index in [-0.39, 0.29) is 27.4 Å². The van der Waals surface area contributed by atoms with Gasteiger partial charge < -0.3 is 10.6 Å². The van der Waals surface area contributed by atoms with Crippen LogP contribution in [0.15, 0.2) is 71.6 Å². The Morgan fingerprint density at radius 1 is 0.971 bits per heavy atom. The first-order valence-electron chi connectivity index (χ1n) is 10.7. The van der Waals surface area contributed by atoms with Gasteiger partial charge >= 0.3 is 0 Å². The molecule has 0 fully saturated rings. The molecule has 3 N–H and O–H groups in total. The average molecular weight is 500 g/mol. The molecule has 0 aromatic heterocycles. The lowest BCUT2D eigenvalue weighted by atomic mass is 10.1. The van der Waals surface area contributed by atoms with Crippen molar-refractivity contribution < 1.29 is 18.0 Å². The molecule has 3 aromatic rings. The van der Waals surface area contributed by atoms with Crippen molar-refractivity contribution in [2.24, 2.45) is 0 Å². The monoisotopic (exact) mass is 499 g/mol. The van der Waals surface area contributed by atoms with Gasteiger partial charge in [-0.1, -0.05) is 42.8 Å². The number of carbonyl (C=O) groups excluding carboxylic acids is 2. The second-order valence-electron chi connectivity index (χ2n) is 7.90. The van der Waals surface area contributed by atoms with Crippen molar-refractivity contribution in [1.29, 1.82) is 0 Å². The van der Waals surface area contributed by atoms with E-state index in [0.29, 0.717) is 16.9 Å². The lowest BCUT2D eigenvalue weighted by Gasteiger charge is -2.15. The molecule has 3 aromatic carbocycles. The predicted octanol–water partition coefficient (Wildman–Crippen LogP) is 5.23. The second kappa shape index (κ2) is 10.7. The Morgan fingerprint density at radius 2 is 1.71 bits per heavy atom. The molecular formula is C25H26ClN3O4S. The van der Waals surface area contributed by atoms with Crippen LogP contribution in [0.4, 0.5) is 11.4 Å². The number of hydrogen-bond acceptors (Lipinski definition) is 4. The summed E-state index contributed by atoms with van der Waals surface area (Å²) in [6.07, 6.45) is 0.763. The van der Waals surface area contributed by atoms with Gasteiger partial charge in [-0.05, 0) is 68.3 Å². The highest BCUT2D eigenvalue weighted by molar-refractivity contribution is 7.92. The number of sulfonamides is 1. The Kier molecular flexibility index (Phi) is 7.96. The summed E-state index contributed by atoms with van der Waals surface area (Å²) in [5, 5.41) is 5.54. The molecule has 0 bridgehead atoms. The maximum Gasteiger partial charge on any atom is 0.263 e. The number of aryl methyl sites for hydroxylation is 1. The zero-order chi connectivity index (χ0) is 24.9. The maximum atomic E-state index is 13.0. The van der Waals surface area contributed by atoms with Crippen molar-refractivity contribution >= 4 is 44.8 Å². The van der Waals surface area contributed by atoms with Crippen molar-refractivity contribution in [3.63, 3.8) is 0 Å². The highest BCUT2D eigenvalue weighted by Gasteiger charge is 2.21. The quantitative estimate of drug-likeness (QED) is 0.394. The minimum atomic E-state index is -4.05. The van der Waals surface area contributed by atoms with Gasteiger partial charge in [0.15, 0.2) is 0 Å². The van der Waals surface area contributed by atoms with Crippen LogP contribution < -0.4 is 15.4 Å². The lowest BCUT2D eigenvalue weighted by Crippen LogP contribution is -2.32. The van der Waals surface area contributed by atoms with Gasteiger partial charge in [0.1, 0.15) is 4.90 Å². The molecule has 9 heteroatoms. The van der Waals surface area contributed by atoms with Crippen LogP contribution >= 0.6 is 11.6 Å². The third kappa shape index (κ3) is 6.15. The lowest BCUT2D eigenvalue weighted by molar-refractivity contribution is 0.0940. The summed E-state index contributed by atoms with van der Waals surface area (Å²) >= 11 is 6.17. The second-order valence-corrected chi connectivity index (χ2v) is 9.96. The van der Waals surface area contributed by atoms with E-state index < -0.39 is 15.9 Å². The van der Waals surface area contributed by atoms with Crippen LogP contribution in [0.3, 0.4) is 0 Å². The highest BCUT2D eigenvalue weighted by atomic mass is 35.5. The fraction of sp³-hybridized carbons (Fsp3) is 0.200. The number of halogens is 1. The van der Waals surface area contributed by atoms with Crippen LogP contribution in [0, 0.1) is 6.92 Å². The summed E-state index contributed by atoms with van der Waals surface area (Å²) in [7, 11) is -4.05. The van der Waals surface area contributed by atoms with Crippen molar-refractivity contribution in [3.8, 4) is 0 Å². The molecule has 0 aliphatic heterocycles. The molecule has 178 valence electrons. The molecule has 0 saturated carbocycles. The predicted molar refractivity (Wildman–Crippen MR) is 135 cm³/mol. The molecule has 0 radical (unpaired) electrons. The Bertz CT molecular complexity index is 1330. The smallest absolute Gasteiger partial charge is 0.263 e. The number of hydrogen-bond donors (Lipinski definition) is 3. The summed E-state index contributed by atoms with van der Waals surface area (Å²) < 4.78 is 28.4. The van der Waals surface area contributed by atoms with E-state index >= 15 is 0 Å². The van der Waals surface area contributed by atoms with Gasteiger partial charge in [0.25, 0.3) is 21.8 Å². The Hall–Kier alpha value is -3.36. The fourth-order valence-corrected chi connectivity index (χ4v) is 4.73. The van der Waals surface area contributed by atoms with Crippen LogP contribution in [-0.4, -0.2) is 26.3 Å². The maximum absolute atomic E-state index is 13.0. The van der Waals surface area contributed by atoms with Crippen molar-refractivity contribution in [2.45, 2.75) is 38.1 Å². The Labute approximate surface area is 204 Å². The number of benzene rings is 3. The molecule has 1 atom stereocenters. The Balaban J connectivity index is 1.87. The largest absolute Gasteiger partial charge is 0.350 e. The van der Waals surface area contributed by atoms with Gasteiger partial charge in [-0.3, -0.25) is 14.3 Å². The van der Waals surface area contributed by atoms with Gasteiger partial charge in [0.05, 0.1) is 16.3 Å². The van der Waals surface area contributed by atoms with Gasteiger partial charge in [0, 0.05) is 17.3 Å². The SMILES string of the molecule is CC[C@H](C)NC(=O)c1ccccc1NC(=O)c1ccc(Cl)c(S(=O)(=O)Nc2cccc(C)c2)c1. The normalized spacial score (nSPS) is 12.0. The topological polar surface area (TPSA) is 104 Å². The third-order valence-corrected chi connectivity index (χ3v) is 7.03. The molecule has 0 aliphatic carbocycles. The minimum absolute atomic E-state index is 0.0231. The van der Waals surface area contributed by atoms with Gasteiger partial charge in [-0.15, -0.1) is 0 Å². The molecular weight excluding hydrogens is 474 g/mol. The van der Waals surface area contributed by atoms with Crippen LogP contribution in [0.1, 0.15) is 46.5 Å². The van der Waals surface area contributed by atoms with Crippen LogP contribution in [0.25, 0.3) is 0 Å². The van der Waals surface area contributed by atoms with E-state index in [0.717, 1.165) is 12.0 Å². The van der Waals surface area contributed by atoms with Gasteiger partial charge in [-0.2, -0.15) is 0 Å². The zero-order valence-electron chi connectivity index (χ0n) is 19.1. The number of amides is 2. The van der Waals surface area contributed by atoms with Crippen molar-refractivity contribution in [1.82, 2.24) is 5.32 Å². The standard InChI is InChI=1S/C25H26ClN3O4S/c1-4-17(3)27-25(31)20-10-5-6-11-22(20)28-24(30)18-12-13-21(26)23(15-18)34(32,33)29-19-9-7-8-16(2)14-19/h5-15,17,29H,4H2,1-3H3,(H,27,31)(H,28,30)/t17-/m0/s1.